The van der Waals surface area contributed by atoms with E-state index in [-0.39, 0.29) is 5.54 Å². The number of rotatable bonds is 5. The Morgan fingerprint density at radius 3 is 2.91 bits per heavy atom. The van der Waals surface area contributed by atoms with Crippen LogP contribution in [0.25, 0.3) is 0 Å². The SMILES string of the molecule is CC(Br)=CC/C=C\C(C)C1(C2CCC2)N=C(N)N2CCCN=C21. The molecule has 2 atom stereocenters. The maximum absolute atomic E-state index is 6.27. The zero-order chi connectivity index (χ0) is 16.4. The first-order chi connectivity index (χ1) is 11.1. The summed E-state index contributed by atoms with van der Waals surface area (Å²) in [5.41, 5.74) is 6.04. The van der Waals surface area contributed by atoms with Crippen molar-refractivity contribution in [3.8, 4) is 0 Å². The molecule has 2 aliphatic heterocycles. The summed E-state index contributed by atoms with van der Waals surface area (Å²) in [4.78, 5) is 12.0. The third-order valence-corrected chi connectivity index (χ3v) is 5.70. The monoisotopic (exact) mass is 378 g/mol. The second kappa shape index (κ2) is 6.80. The Hall–Kier alpha value is -1.10. The van der Waals surface area contributed by atoms with Crippen LogP contribution in [0.2, 0.25) is 0 Å². The molecule has 4 nitrogen and oxygen atoms in total. The van der Waals surface area contributed by atoms with Gasteiger partial charge in [-0.05, 0) is 43.0 Å². The fourth-order valence-electron chi connectivity index (χ4n) is 3.93. The zero-order valence-electron chi connectivity index (χ0n) is 14.1. The summed E-state index contributed by atoms with van der Waals surface area (Å²) in [6, 6.07) is 0. The van der Waals surface area contributed by atoms with E-state index >= 15 is 0 Å². The number of amidine groups is 1. The van der Waals surface area contributed by atoms with E-state index in [0.717, 1.165) is 31.8 Å². The molecule has 0 saturated heterocycles. The van der Waals surface area contributed by atoms with Crippen LogP contribution < -0.4 is 5.73 Å². The van der Waals surface area contributed by atoms with E-state index in [2.05, 4.69) is 52.9 Å². The predicted molar refractivity (Wildman–Crippen MR) is 101 cm³/mol. The highest BCUT2D eigenvalue weighted by Gasteiger charge is 2.55. The molecule has 23 heavy (non-hydrogen) atoms. The molecule has 0 amide bonds. The van der Waals surface area contributed by atoms with Gasteiger partial charge in [0.2, 0.25) is 0 Å². The van der Waals surface area contributed by atoms with Crippen LogP contribution in [-0.2, 0) is 0 Å². The van der Waals surface area contributed by atoms with Crippen LogP contribution in [0.5, 0.6) is 0 Å². The van der Waals surface area contributed by atoms with Gasteiger partial charge in [0.1, 0.15) is 11.4 Å². The molecule has 0 aromatic carbocycles. The van der Waals surface area contributed by atoms with Crippen molar-refractivity contribution < 1.29 is 0 Å². The lowest BCUT2D eigenvalue weighted by Gasteiger charge is -2.45. The zero-order valence-corrected chi connectivity index (χ0v) is 15.7. The van der Waals surface area contributed by atoms with Gasteiger partial charge in [0.05, 0.1) is 0 Å². The molecule has 0 spiro atoms. The summed E-state index contributed by atoms with van der Waals surface area (Å²) in [6.45, 7) is 6.20. The Labute approximate surface area is 147 Å². The standard InChI is InChI=1S/C18H27BrN4/c1-13(7-3-4-8-14(2)19)18(15-9-5-10-15)16-21-11-6-12-23(16)17(20)22-18/h3,7-8,13,15H,4-6,9-12H2,1-2H3,(H2,20,22)/b7-3-,14-8?. The van der Waals surface area contributed by atoms with Crippen molar-refractivity contribution in [3.63, 3.8) is 0 Å². The average Bonchev–Trinajstić information content (AvgIpc) is 2.76. The number of nitrogens with two attached hydrogens (primary N) is 1. The number of hydrogen-bond donors (Lipinski definition) is 1. The predicted octanol–water partition coefficient (Wildman–Crippen LogP) is 3.84. The smallest absolute Gasteiger partial charge is 0.197 e. The van der Waals surface area contributed by atoms with E-state index in [4.69, 9.17) is 15.7 Å². The minimum atomic E-state index is -0.230. The number of nitrogens with zero attached hydrogens (tertiary/aromatic N) is 3. The normalized spacial score (nSPS) is 30.0. The molecule has 1 aliphatic carbocycles. The summed E-state index contributed by atoms with van der Waals surface area (Å²) >= 11 is 3.48. The average molecular weight is 379 g/mol. The van der Waals surface area contributed by atoms with Crippen molar-refractivity contribution in [1.82, 2.24) is 4.90 Å². The summed E-state index contributed by atoms with van der Waals surface area (Å²) in [5, 5.41) is 0. The van der Waals surface area contributed by atoms with Gasteiger partial charge in [0.25, 0.3) is 0 Å². The Morgan fingerprint density at radius 1 is 1.48 bits per heavy atom. The van der Waals surface area contributed by atoms with Crippen LogP contribution in [0.3, 0.4) is 0 Å². The van der Waals surface area contributed by atoms with E-state index < -0.39 is 0 Å². The van der Waals surface area contributed by atoms with Gasteiger partial charge in [-0.15, -0.1) is 0 Å². The maximum Gasteiger partial charge on any atom is 0.197 e. The van der Waals surface area contributed by atoms with Crippen molar-refractivity contribution in [1.29, 1.82) is 0 Å². The molecule has 3 aliphatic rings. The first kappa shape index (κ1) is 16.7. The lowest BCUT2D eigenvalue weighted by atomic mass is 9.64. The molecule has 126 valence electrons. The Bertz CT molecular complexity index is 570. The van der Waals surface area contributed by atoms with Crippen LogP contribution in [0.4, 0.5) is 0 Å². The third-order valence-electron chi connectivity index (χ3n) is 5.37. The maximum atomic E-state index is 6.27. The van der Waals surface area contributed by atoms with Gasteiger partial charge in [0.15, 0.2) is 5.96 Å². The van der Waals surface area contributed by atoms with Gasteiger partial charge < -0.3 is 5.73 Å². The van der Waals surface area contributed by atoms with Crippen LogP contribution in [0.15, 0.2) is 32.7 Å². The molecular weight excluding hydrogens is 352 g/mol. The quantitative estimate of drug-likeness (QED) is 0.738. The molecule has 2 N–H and O–H groups in total. The minimum Gasteiger partial charge on any atom is -0.369 e. The minimum absolute atomic E-state index is 0.230. The first-order valence-corrected chi connectivity index (χ1v) is 9.51. The van der Waals surface area contributed by atoms with E-state index in [1.54, 1.807) is 0 Å². The Balaban J connectivity index is 1.88. The molecule has 2 heterocycles. The van der Waals surface area contributed by atoms with Crippen molar-refractivity contribution in [2.75, 3.05) is 13.1 Å². The number of guanidine groups is 1. The Kier molecular flexibility index (Phi) is 4.95. The van der Waals surface area contributed by atoms with Crippen molar-refractivity contribution >= 4 is 27.7 Å². The number of hydrogen-bond acceptors (Lipinski definition) is 4. The summed E-state index contributed by atoms with van der Waals surface area (Å²) in [7, 11) is 0. The largest absolute Gasteiger partial charge is 0.369 e. The number of aliphatic imine (C=N–C) groups is 2. The van der Waals surface area contributed by atoms with E-state index in [0.29, 0.717) is 17.8 Å². The number of halogens is 1. The van der Waals surface area contributed by atoms with E-state index in [1.807, 2.05) is 0 Å². The van der Waals surface area contributed by atoms with Crippen molar-refractivity contribution in [3.05, 3.63) is 22.7 Å². The highest BCUT2D eigenvalue weighted by Crippen LogP contribution is 2.47. The number of allylic oxidation sites excluding steroid dienone is 3. The van der Waals surface area contributed by atoms with Crippen LogP contribution >= 0.6 is 15.9 Å². The lowest BCUT2D eigenvalue weighted by Crippen LogP contribution is -2.55. The molecule has 5 heteroatoms. The molecular formula is C18H27BrN4. The molecule has 2 unspecified atom stereocenters. The molecule has 0 radical (unpaired) electrons. The van der Waals surface area contributed by atoms with Gasteiger partial charge in [0, 0.05) is 19.0 Å². The van der Waals surface area contributed by atoms with Crippen LogP contribution in [0, 0.1) is 11.8 Å². The van der Waals surface area contributed by atoms with Crippen molar-refractivity contribution in [2.45, 2.75) is 51.5 Å². The summed E-state index contributed by atoms with van der Waals surface area (Å²) in [5.74, 6) is 2.70. The third kappa shape index (κ3) is 3.00. The van der Waals surface area contributed by atoms with Gasteiger partial charge in [-0.3, -0.25) is 9.89 Å². The number of fused-ring (bicyclic) bond motifs is 1. The molecule has 0 aromatic rings. The highest BCUT2D eigenvalue weighted by molar-refractivity contribution is 9.11. The topological polar surface area (TPSA) is 54.0 Å². The molecule has 1 saturated carbocycles. The second-order valence-electron chi connectivity index (χ2n) is 6.88. The van der Waals surface area contributed by atoms with Crippen LogP contribution in [-0.4, -0.2) is 35.3 Å². The van der Waals surface area contributed by atoms with Gasteiger partial charge in [-0.25, -0.2) is 4.99 Å². The van der Waals surface area contributed by atoms with Gasteiger partial charge in [-0.2, -0.15) is 0 Å². The first-order valence-electron chi connectivity index (χ1n) is 8.72. The van der Waals surface area contributed by atoms with E-state index in [1.165, 1.54) is 23.7 Å². The van der Waals surface area contributed by atoms with Gasteiger partial charge in [-0.1, -0.05) is 47.5 Å². The van der Waals surface area contributed by atoms with Crippen molar-refractivity contribution in [2.24, 2.45) is 27.6 Å². The Morgan fingerprint density at radius 2 is 2.26 bits per heavy atom. The molecule has 0 bridgehead atoms. The fraction of sp³-hybridized carbons (Fsp3) is 0.667. The van der Waals surface area contributed by atoms with Gasteiger partial charge >= 0.3 is 0 Å². The second-order valence-corrected chi connectivity index (χ2v) is 8.13. The summed E-state index contributed by atoms with van der Waals surface area (Å²) < 4.78 is 1.18. The lowest BCUT2D eigenvalue weighted by molar-refractivity contribution is 0.188. The highest BCUT2D eigenvalue weighted by atomic mass is 79.9. The molecule has 0 aromatic heterocycles. The molecule has 1 fully saturated rings. The summed E-state index contributed by atoms with van der Waals surface area (Å²) in [6.07, 6.45) is 12.5. The van der Waals surface area contributed by atoms with Crippen LogP contribution in [0.1, 0.15) is 46.0 Å². The van der Waals surface area contributed by atoms with E-state index in [9.17, 15) is 0 Å². The fourth-order valence-corrected chi connectivity index (χ4v) is 4.12. The molecule has 3 rings (SSSR count).